The summed E-state index contributed by atoms with van der Waals surface area (Å²) in [5.74, 6) is 0.263. The molecule has 1 rings (SSSR count). The largest absolute Gasteiger partial charge is 0.396 e. The molecule has 0 bridgehead atoms. The van der Waals surface area contributed by atoms with E-state index in [2.05, 4.69) is 4.72 Å². The van der Waals surface area contributed by atoms with Crippen molar-refractivity contribution in [1.29, 1.82) is 0 Å². The normalized spacial score (nSPS) is 13.7. The maximum atomic E-state index is 12.3. The second kappa shape index (κ2) is 7.76. The van der Waals surface area contributed by atoms with Gasteiger partial charge in [0.2, 0.25) is 10.0 Å². The van der Waals surface area contributed by atoms with Crippen LogP contribution in [-0.2, 0) is 16.4 Å². The maximum absolute atomic E-state index is 12.3. The first-order chi connectivity index (χ1) is 9.40. The molecule has 0 saturated heterocycles. The van der Waals surface area contributed by atoms with E-state index in [1.165, 1.54) is 0 Å². The van der Waals surface area contributed by atoms with Gasteiger partial charge in [-0.2, -0.15) is 0 Å². The summed E-state index contributed by atoms with van der Waals surface area (Å²) in [6, 6.07) is 6.82. The van der Waals surface area contributed by atoms with Gasteiger partial charge in [-0.3, -0.25) is 0 Å². The van der Waals surface area contributed by atoms with E-state index in [9.17, 15) is 8.42 Å². The van der Waals surface area contributed by atoms with E-state index < -0.39 is 10.0 Å². The lowest BCUT2D eigenvalue weighted by atomic mass is 10.0. The molecular weight excluding hydrogens is 274 g/mol. The summed E-state index contributed by atoms with van der Waals surface area (Å²) in [6.07, 6.45) is 2.22. The van der Waals surface area contributed by atoms with Crippen LogP contribution >= 0.6 is 0 Å². The third-order valence-corrected chi connectivity index (χ3v) is 4.91. The van der Waals surface area contributed by atoms with Gasteiger partial charge < -0.3 is 5.11 Å². The zero-order valence-electron chi connectivity index (χ0n) is 12.5. The number of rotatable bonds is 8. The van der Waals surface area contributed by atoms with Gasteiger partial charge in [0.15, 0.2) is 0 Å². The summed E-state index contributed by atoms with van der Waals surface area (Å²) in [6.45, 7) is 6.14. The second-order valence-electron chi connectivity index (χ2n) is 5.35. The predicted octanol–water partition coefficient (Wildman–Crippen LogP) is 2.32. The molecular formula is C15H25NO3S. The van der Waals surface area contributed by atoms with Crippen LogP contribution in [0, 0.1) is 5.92 Å². The Bertz CT molecular complexity index is 494. The molecule has 114 valence electrons. The Labute approximate surface area is 122 Å². The molecule has 0 aromatic heterocycles. The van der Waals surface area contributed by atoms with Crippen molar-refractivity contribution in [2.75, 3.05) is 6.61 Å². The van der Waals surface area contributed by atoms with Crippen molar-refractivity contribution in [2.24, 2.45) is 5.92 Å². The van der Waals surface area contributed by atoms with Crippen LogP contribution in [0.1, 0.15) is 39.2 Å². The third-order valence-electron chi connectivity index (χ3n) is 3.41. The van der Waals surface area contributed by atoms with Gasteiger partial charge in [-0.15, -0.1) is 0 Å². The second-order valence-corrected chi connectivity index (χ2v) is 7.07. The molecule has 0 radical (unpaired) electrons. The Morgan fingerprint density at radius 1 is 1.20 bits per heavy atom. The fourth-order valence-electron chi connectivity index (χ4n) is 2.08. The van der Waals surface area contributed by atoms with Crippen molar-refractivity contribution in [1.82, 2.24) is 4.72 Å². The smallest absolute Gasteiger partial charge is 0.240 e. The molecule has 2 N–H and O–H groups in total. The van der Waals surface area contributed by atoms with Crippen molar-refractivity contribution in [3.05, 3.63) is 29.8 Å². The third kappa shape index (κ3) is 4.89. The van der Waals surface area contributed by atoms with E-state index in [1.807, 2.05) is 20.8 Å². The van der Waals surface area contributed by atoms with Crippen molar-refractivity contribution in [3.8, 4) is 0 Å². The van der Waals surface area contributed by atoms with Crippen LogP contribution < -0.4 is 4.72 Å². The van der Waals surface area contributed by atoms with Crippen molar-refractivity contribution < 1.29 is 13.5 Å². The lowest BCUT2D eigenvalue weighted by Gasteiger charge is -2.20. The molecule has 0 spiro atoms. The Balaban J connectivity index is 2.82. The van der Waals surface area contributed by atoms with Gasteiger partial charge in [0.05, 0.1) is 4.90 Å². The maximum Gasteiger partial charge on any atom is 0.240 e. The highest BCUT2D eigenvalue weighted by atomic mass is 32.2. The predicted molar refractivity (Wildman–Crippen MR) is 81.1 cm³/mol. The Hall–Kier alpha value is -0.910. The molecule has 0 saturated carbocycles. The molecule has 1 aromatic carbocycles. The summed E-state index contributed by atoms with van der Waals surface area (Å²) in [7, 11) is -3.45. The molecule has 1 unspecified atom stereocenters. The van der Waals surface area contributed by atoms with Crippen LogP contribution in [0.2, 0.25) is 0 Å². The average molecular weight is 299 g/mol. The fraction of sp³-hybridized carbons (Fsp3) is 0.600. The molecule has 5 heteroatoms. The highest BCUT2D eigenvalue weighted by Gasteiger charge is 2.20. The van der Waals surface area contributed by atoms with Crippen LogP contribution in [0.25, 0.3) is 0 Å². The lowest BCUT2D eigenvalue weighted by molar-refractivity contribution is 0.288. The highest BCUT2D eigenvalue weighted by molar-refractivity contribution is 7.89. The number of hydrogen-bond acceptors (Lipinski definition) is 3. The van der Waals surface area contributed by atoms with E-state index in [4.69, 9.17) is 5.11 Å². The minimum Gasteiger partial charge on any atom is -0.396 e. The SMILES string of the molecule is CCC(NS(=O)(=O)c1ccc(CCCO)cc1)C(C)C. The van der Waals surface area contributed by atoms with Crippen LogP contribution in [0.3, 0.4) is 0 Å². The van der Waals surface area contributed by atoms with Gasteiger partial charge in [0.1, 0.15) is 0 Å². The molecule has 0 amide bonds. The van der Waals surface area contributed by atoms with E-state index in [0.29, 0.717) is 11.3 Å². The topological polar surface area (TPSA) is 66.4 Å². The van der Waals surface area contributed by atoms with Gasteiger partial charge in [-0.1, -0.05) is 32.9 Å². The highest BCUT2D eigenvalue weighted by Crippen LogP contribution is 2.15. The summed E-state index contributed by atoms with van der Waals surface area (Å²) < 4.78 is 27.3. The zero-order chi connectivity index (χ0) is 15.2. The summed E-state index contributed by atoms with van der Waals surface area (Å²) in [5.41, 5.74) is 1.04. The van der Waals surface area contributed by atoms with E-state index in [0.717, 1.165) is 18.4 Å². The average Bonchev–Trinajstić information content (AvgIpc) is 2.42. The quantitative estimate of drug-likeness (QED) is 0.774. The minimum absolute atomic E-state index is 0.0472. The number of sulfonamides is 1. The summed E-state index contributed by atoms with van der Waals surface area (Å²) in [5, 5.41) is 8.78. The number of aliphatic hydroxyl groups is 1. The first-order valence-corrected chi connectivity index (χ1v) is 8.61. The molecule has 1 aromatic rings. The molecule has 0 heterocycles. The van der Waals surface area contributed by atoms with Crippen molar-refractivity contribution in [2.45, 2.75) is 51.0 Å². The lowest BCUT2D eigenvalue weighted by Crippen LogP contribution is -2.37. The molecule has 0 fully saturated rings. The Morgan fingerprint density at radius 2 is 1.80 bits per heavy atom. The standard InChI is InChI=1S/C15H25NO3S/c1-4-15(12(2)3)16-20(18,19)14-9-7-13(8-10-14)6-5-11-17/h7-10,12,15-17H,4-6,11H2,1-3H3. The molecule has 1 atom stereocenters. The van der Waals surface area contributed by atoms with Crippen molar-refractivity contribution in [3.63, 3.8) is 0 Å². The van der Waals surface area contributed by atoms with Gasteiger partial charge in [-0.25, -0.2) is 13.1 Å². The summed E-state index contributed by atoms with van der Waals surface area (Å²) in [4.78, 5) is 0.296. The Kier molecular flexibility index (Phi) is 6.65. The van der Waals surface area contributed by atoms with E-state index in [-0.39, 0.29) is 18.6 Å². The first-order valence-electron chi connectivity index (χ1n) is 7.12. The van der Waals surface area contributed by atoms with E-state index in [1.54, 1.807) is 24.3 Å². The minimum atomic E-state index is -3.45. The molecule has 0 aliphatic carbocycles. The van der Waals surface area contributed by atoms with Gasteiger partial charge in [-0.05, 0) is 42.9 Å². The number of benzene rings is 1. The molecule has 20 heavy (non-hydrogen) atoms. The van der Waals surface area contributed by atoms with Crippen LogP contribution in [-0.4, -0.2) is 26.2 Å². The monoisotopic (exact) mass is 299 g/mol. The fourth-order valence-corrected chi connectivity index (χ4v) is 3.54. The number of hydrogen-bond donors (Lipinski definition) is 2. The number of aliphatic hydroxyl groups excluding tert-OH is 1. The number of aryl methyl sites for hydroxylation is 1. The van der Waals surface area contributed by atoms with Gasteiger partial charge in [0.25, 0.3) is 0 Å². The van der Waals surface area contributed by atoms with Crippen LogP contribution in [0.5, 0.6) is 0 Å². The zero-order valence-corrected chi connectivity index (χ0v) is 13.3. The molecule has 0 aliphatic heterocycles. The van der Waals surface area contributed by atoms with Gasteiger partial charge >= 0.3 is 0 Å². The molecule has 0 aliphatic rings. The summed E-state index contributed by atoms with van der Waals surface area (Å²) >= 11 is 0. The number of nitrogens with one attached hydrogen (secondary N) is 1. The van der Waals surface area contributed by atoms with Crippen molar-refractivity contribution >= 4 is 10.0 Å². The van der Waals surface area contributed by atoms with Gasteiger partial charge in [0, 0.05) is 12.6 Å². The van der Waals surface area contributed by atoms with Crippen LogP contribution in [0.4, 0.5) is 0 Å². The van der Waals surface area contributed by atoms with E-state index >= 15 is 0 Å². The first kappa shape index (κ1) is 17.1. The Morgan fingerprint density at radius 3 is 2.25 bits per heavy atom. The molecule has 4 nitrogen and oxygen atoms in total. The van der Waals surface area contributed by atoms with Crippen LogP contribution in [0.15, 0.2) is 29.2 Å².